The van der Waals surface area contributed by atoms with Gasteiger partial charge in [-0.15, -0.1) is 0 Å². The summed E-state index contributed by atoms with van der Waals surface area (Å²) >= 11 is 12.0. The third kappa shape index (κ3) is 2.93. The van der Waals surface area contributed by atoms with E-state index in [1.54, 1.807) is 25.1 Å². The summed E-state index contributed by atoms with van der Waals surface area (Å²) in [5, 5.41) is 13.8. The quantitative estimate of drug-likeness (QED) is 0.900. The fourth-order valence-corrected chi connectivity index (χ4v) is 2.83. The van der Waals surface area contributed by atoms with Crippen LogP contribution < -0.4 is 5.32 Å². The zero-order valence-corrected chi connectivity index (χ0v) is 12.8. The average Bonchev–Trinajstić information content (AvgIpc) is 2.70. The van der Waals surface area contributed by atoms with Crippen molar-refractivity contribution in [2.24, 2.45) is 0 Å². The van der Waals surface area contributed by atoms with Gasteiger partial charge in [-0.25, -0.2) is 4.79 Å². The molecular weight excluding hydrogens is 299 g/mol. The van der Waals surface area contributed by atoms with Crippen molar-refractivity contribution in [2.75, 3.05) is 26.2 Å². The Morgan fingerprint density at radius 1 is 1.30 bits per heavy atom. The Balaban J connectivity index is 2.41. The molecule has 0 aliphatic carbocycles. The molecule has 0 radical (unpaired) electrons. The van der Waals surface area contributed by atoms with Gasteiger partial charge in [-0.1, -0.05) is 29.3 Å². The Kier molecular flexibility index (Phi) is 4.91. The summed E-state index contributed by atoms with van der Waals surface area (Å²) in [6.45, 7) is 4.83. The molecule has 1 aromatic rings. The Labute approximate surface area is 128 Å². The lowest BCUT2D eigenvalue weighted by Crippen LogP contribution is -2.51. The molecule has 1 aliphatic heterocycles. The first-order valence-electron chi connectivity index (χ1n) is 6.61. The lowest BCUT2D eigenvalue weighted by molar-refractivity contribution is -0.151. The molecular formula is C14H18Cl2N2O2. The largest absolute Gasteiger partial charge is 0.480 e. The van der Waals surface area contributed by atoms with E-state index in [4.69, 9.17) is 23.2 Å². The van der Waals surface area contributed by atoms with E-state index in [0.29, 0.717) is 22.2 Å². The van der Waals surface area contributed by atoms with E-state index in [0.717, 1.165) is 26.1 Å². The second kappa shape index (κ2) is 6.31. The second-order valence-electron chi connectivity index (χ2n) is 5.10. The van der Waals surface area contributed by atoms with Gasteiger partial charge in [-0.05, 0) is 37.6 Å². The molecule has 1 aliphatic rings. The van der Waals surface area contributed by atoms with Gasteiger partial charge in [0, 0.05) is 19.6 Å². The van der Waals surface area contributed by atoms with Crippen molar-refractivity contribution in [2.45, 2.75) is 18.9 Å². The van der Waals surface area contributed by atoms with Crippen LogP contribution in [0.2, 0.25) is 10.0 Å². The predicted octanol–water partition coefficient (Wildman–Crippen LogP) is 2.59. The van der Waals surface area contributed by atoms with Crippen LogP contribution in [0.15, 0.2) is 18.2 Å². The maximum Gasteiger partial charge on any atom is 0.328 e. The van der Waals surface area contributed by atoms with E-state index in [9.17, 15) is 9.90 Å². The highest BCUT2D eigenvalue weighted by atomic mass is 35.5. The van der Waals surface area contributed by atoms with E-state index >= 15 is 0 Å². The molecule has 1 saturated heterocycles. The Hall–Kier alpha value is -0.810. The molecule has 0 aromatic heterocycles. The zero-order valence-electron chi connectivity index (χ0n) is 11.3. The molecule has 20 heavy (non-hydrogen) atoms. The minimum Gasteiger partial charge on any atom is -0.480 e. The van der Waals surface area contributed by atoms with Crippen molar-refractivity contribution in [3.8, 4) is 0 Å². The fourth-order valence-electron chi connectivity index (χ4n) is 2.53. The number of carbonyl (C=O) groups is 1. The minimum absolute atomic E-state index is 0.379. The van der Waals surface area contributed by atoms with Crippen molar-refractivity contribution in [3.05, 3.63) is 33.8 Å². The van der Waals surface area contributed by atoms with E-state index in [-0.39, 0.29) is 0 Å². The van der Waals surface area contributed by atoms with Crippen LogP contribution in [0.1, 0.15) is 18.9 Å². The Bertz CT molecular complexity index is 502. The summed E-state index contributed by atoms with van der Waals surface area (Å²) < 4.78 is 0. The minimum atomic E-state index is -1.10. The van der Waals surface area contributed by atoms with Crippen LogP contribution in [-0.4, -0.2) is 42.2 Å². The molecule has 110 valence electrons. The highest BCUT2D eigenvalue weighted by Crippen LogP contribution is 2.33. The van der Waals surface area contributed by atoms with Crippen LogP contribution >= 0.6 is 23.2 Å². The number of rotatable bonds is 3. The first-order chi connectivity index (χ1) is 9.46. The summed E-state index contributed by atoms with van der Waals surface area (Å²) in [7, 11) is 0. The van der Waals surface area contributed by atoms with Crippen LogP contribution in [0, 0.1) is 0 Å². The van der Waals surface area contributed by atoms with E-state index in [1.807, 2.05) is 4.90 Å². The van der Waals surface area contributed by atoms with Gasteiger partial charge in [0.25, 0.3) is 0 Å². The normalized spacial score (nSPS) is 20.1. The topological polar surface area (TPSA) is 52.6 Å². The molecule has 2 N–H and O–H groups in total. The van der Waals surface area contributed by atoms with Crippen molar-refractivity contribution < 1.29 is 9.90 Å². The average molecular weight is 317 g/mol. The SMILES string of the molecule is CC(C(=O)O)(c1ccc(Cl)c(Cl)c1)N1CCCNCC1. The first-order valence-corrected chi connectivity index (χ1v) is 7.36. The third-order valence-corrected chi connectivity index (χ3v) is 4.61. The number of carboxylic acid groups (broad SMARTS) is 1. The summed E-state index contributed by atoms with van der Waals surface area (Å²) in [5.41, 5.74) is -0.443. The zero-order chi connectivity index (χ0) is 14.8. The summed E-state index contributed by atoms with van der Waals surface area (Å²) in [6.07, 6.45) is 0.921. The smallest absolute Gasteiger partial charge is 0.328 e. The highest BCUT2D eigenvalue weighted by molar-refractivity contribution is 6.42. The molecule has 1 aromatic carbocycles. The number of hydrogen-bond acceptors (Lipinski definition) is 3. The van der Waals surface area contributed by atoms with Crippen molar-refractivity contribution in [1.29, 1.82) is 0 Å². The maximum atomic E-state index is 11.9. The third-order valence-electron chi connectivity index (χ3n) is 3.87. The standard InChI is InChI=1S/C14H18Cl2N2O2/c1-14(13(19)20,18-7-2-5-17-6-8-18)10-3-4-11(15)12(16)9-10/h3-4,9,17H,2,5-8H2,1H3,(H,19,20). The van der Waals surface area contributed by atoms with Crippen LogP contribution in [0.3, 0.4) is 0 Å². The van der Waals surface area contributed by atoms with Gasteiger partial charge in [-0.3, -0.25) is 4.90 Å². The molecule has 2 rings (SSSR count). The van der Waals surface area contributed by atoms with E-state index in [2.05, 4.69) is 5.32 Å². The van der Waals surface area contributed by atoms with Crippen LogP contribution in [0.4, 0.5) is 0 Å². The van der Waals surface area contributed by atoms with Gasteiger partial charge in [0.2, 0.25) is 0 Å². The molecule has 0 amide bonds. The fraction of sp³-hybridized carbons (Fsp3) is 0.500. The summed E-state index contributed by atoms with van der Waals surface area (Å²) in [5.74, 6) is -0.877. The number of hydrogen-bond donors (Lipinski definition) is 2. The predicted molar refractivity (Wildman–Crippen MR) is 80.5 cm³/mol. The second-order valence-corrected chi connectivity index (χ2v) is 5.91. The molecule has 1 heterocycles. The molecule has 0 saturated carbocycles. The number of aliphatic carboxylic acids is 1. The van der Waals surface area contributed by atoms with Gasteiger partial charge < -0.3 is 10.4 Å². The van der Waals surface area contributed by atoms with E-state index in [1.165, 1.54) is 0 Å². The number of nitrogens with one attached hydrogen (secondary N) is 1. The van der Waals surface area contributed by atoms with Crippen LogP contribution in [0.5, 0.6) is 0 Å². The highest BCUT2D eigenvalue weighted by Gasteiger charge is 2.41. The van der Waals surface area contributed by atoms with Gasteiger partial charge in [0.15, 0.2) is 0 Å². The first kappa shape index (κ1) is 15.6. The Morgan fingerprint density at radius 3 is 2.70 bits per heavy atom. The van der Waals surface area contributed by atoms with Crippen LogP contribution in [0.25, 0.3) is 0 Å². The van der Waals surface area contributed by atoms with Crippen molar-refractivity contribution in [3.63, 3.8) is 0 Å². The van der Waals surface area contributed by atoms with Crippen molar-refractivity contribution >= 4 is 29.2 Å². The number of nitrogens with zero attached hydrogens (tertiary/aromatic N) is 1. The Morgan fingerprint density at radius 2 is 2.05 bits per heavy atom. The lowest BCUT2D eigenvalue weighted by Gasteiger charge is -2.37. The number of benzene rings is 1. The number of halogens is 2. The van der Waals surface area contributed by atoms with Crippen LogP contribution in [-0.2, 0) is 10.3 Å². The lowest BCUT2D eigenvalue weighted by atomic mass is 9.89. The molecule has 0 spiro atoms. The van der Waals surface area contributed by atoms with Gasteiger partial charge >= 0.3 is 5.97 Å². The maximum absolute atomic E-state index is 11.9. The molecule has 1 atom stereocenters. The molecule has 1 fully saturated rings. The molecule has 6 heteroatoms. The van der Waals surface area contributed by atoms with Gasteiger partial charge in [-0.2, -0.15) is 0 Å². The summed E-state index contributed by atoms with van der Waals surface area (Å²) in [4.78, 5) is 13.9. The van der Waals surface area contributed by atoms with Gasteiger partial charge in [0.1, 0.15) is 5.54 Å². The van der Waals surface area contributed by atoms with Gasteiger partial charge in [0.05, 0.1) is 10.0 Å². The number of carboxylic acids is 1. The van der Waals surface area contributed by atoms with Crippen molar-refractivity contribution in [1.82, 2.24) is 10.2 Å². The summed E-state index contributed by atoms with van der Waals surface area (Å²) in [6, 6.07) is 5.04. The monoisotopic (exact) mass is 316 g/mol. The van der Waals surface area contributed by atoms with E-state index < -0.39 is 11.5 Å². The molecule has 4 nitrogen and oxygen atoms in total. The molecule has 1 unspecified atom stereocenters. The molecule has 0 bridgehead atoms.